The molecule has 5 nitrogen and oxygen atoms in total. The minimum Gasteiger partial charge on any atom is -0.494 e. The molecule has 0 saturated heterocycles. The lowest BCUT2D eigenvalue weighted by Gasteiger charge is -2.21. The molecule has 128 valence electrons. The number of hydrogen-bond acceptors (Lipinski definition) is 3. The van der Waals surface area contributed by atoms with E-state index in [-0.39, 0.29) is 30.5 Å². The summed E-state index contributed by atoms with van der Waals surface area (Å²) in [7, 11) is 1.39. The molecular weight excluding hydrogens is 299 g/mol. The van der Waals surface area contributed by atoms with Crippen molar-refractivity contribution >= 4 is 11.8 Å². The van der Waals surface area contributed by atoms with Crippen LogP contribution in [0.1, 0.15) is 32.3 Å². The second kappa shape index (κ2) is 9.82. The van der Waals surface area contributed by atoms with Gasteiger partial charge in [0.1, 0.15) is 0 Å². The molecule has 1 aromatic carbocycles. The molecule has 0 spiro atoms. The topological polar surface area (TPSA) is 58.6 Å². The lowest BCUT2D eigenvalue weighted by Crippen LogP contribution is -2.42. The molecule has 0 fully saturated rings. The van der Waals surface area contributed by atoms with Gasteiger partial charge in [0.2, 0.25) is 11.8 Å². The predicted molar refractivity (Wildman–Crippen MR) is 86.8 cm³/mol. The fourth-order valence-corrected chi connectivity index (χ4v) is 2.16. The van der Waals surface area contributed by atoms with Crippen LogP contribution in [0.4, 0.5) is 4.39 Å². The van der Waals surface area contributed by atoms with Crippen molar-refractivity contribution in [1.82, 2.24) is 10.2 Å². The average molecular weight is 324 g/mol. The Balaban J connectivity index is 2.70. The molecule has 0 bridgehead atoms. The zero-order chi connectivity index (χ0) is 17.2. The fraction of sp³-hybridized carbons (Fsp3) is 0.529. The fourth-order valence-electron chi connectivity index (χ4n) is 2.16. The van der Waals surface area contributed by atoms with E-state index in [1.165, 1.54) is 24.1 Å². The maximum atomic E-state index is 13.7. The molecule has 0 heterocycles. The van der Waals surface area contributed by atoms with Gasteiger partial charge in [0.25, 0.3) is 0 Å². The molecule has 0 aliphatic carbocycles. The molecule has 1 aromatic rings. The van der Waals surface area contributed by atoms with Gasteiger partial charge in [0.15, 0.2) is 11.6 Å². The van der Waals surface area contributed by atoms with Crippen LogP contribution < -0.4 is 10.1 Å². The molecule has 0 aliphatic heterocycles. The van der Waals surface area contributed by atoms with E-state index in [9.17, 15) is 14.0 Å². The molecule has 1 N–H and O–H groups in total. The average Bonchev–Trinajstić information content (AvgIpc) is 2.52. The van der Waals surface area contributed by atoms with Gasteiger partial charge in [-0.25, -0.2) is 4.39 Å². The molecule has 0 unspecified atom stereocenters. The number of halogens is 1. The first-order valence-electron chi connectivity index (χ1n) is 7.88. The SMILES string of the molecule is CCCNC(=O)CN(CCC)C(=O)Cc1ccc(OC)c(F)c1. The van der Waals surface area contributed by atoms with Crippen LogP contribution in [0.5, 0.6) is 5.75 Å². The van der Waals surface area contributed by atoms with Crippen molar-refractivity contribution in [2.45, 2.75) is 33.1 Å². The van der Waals surface area contributed by atoms with Crippen LogP contribution in [-0.2, 0) is 16.0 Å². The summed E-state index contributed by atoms with van der Waals surface area (Å²) < 4.78 is 18.5. The molecular formula is C17H25FN2O3. The number of methoxy groups -OCH3 is 1. The highest BCUT2D eigenvalue weighted by molar-refractivity contribution is 5.85. The van der Waals surface area contributed by atoms with E-state index in [4.69, 9.17) is 4.74 Å². The van der Waals surface area contributed by atoms with E-state index in [0.29, 0.717) is 18.7 Å². The summed E-state index contributed by atoms with van der Waals surface area (Å²) in [5.41, 5.74) is 0.559. The molecule has 6 heteroatoms. The van der Waals surface area contributed by atoms with Gasteiger partial charge in [-0.3, -0.25) is 9.59 Å². The molecule has 0 aromatic heterocycles. The lowest BCUT2D eigenvalue weighted by molar-refractivity contribution is -0.135. The maximum absolute atomic E-state index is 13.7. The first-order chi connectivity index (χ1) is 11.0. The number of hydrogen-bond donors (Lipinski definition) is 1. The summed E-state index contributed by atoms with van der Waals surface area (Å²) in [6.07, 6.45) is 1.66. The molecule has 23 heavy (non-hydrogen) atoms. The Kier molecular flexibility index (Phi) is 8.08. The predicted octanol–water partition coefficient (Wildman–Crippen LogP) is 2.14. The number of rotatable bonds is 9. The van der Waals surface area contributed by atoms with Crippen molar-refractivity contribution in [1.29, 1.82) is 0 Å². The summed E-state index contributed by atoms with van der Waals surface area (Å²) in [6.45, 7) is 5.03. The van der Waals surface area contributed by atoms with Gasteiger partial charge in [-0.05, 0) is 30.5 Å². The number of carbonyl (C=O) groups is 2. The quantitative estimate of drug-likeness (QED) is 0.757. The first-order valence-corrected chi connectivity index (χ1v) is 7.88. The summed E-state index contributed by atoms with van der Waals surface area (Å²) in [4.78, 5) is 25.7. The third-order valence-corrected chi connectivity index (χ3v) is 3.32. The number of nitrogens with zero attached hydrogens (tertiary/aromatic N) is 1. The van der Waals surface area contributed by atoms with Crippen molar-refractivity contribution < 1.29 is 18.7 Å². The van der Waals surface area contributed by atoms with E-state index < -0.39 is 5.82 Å². The van der Waals surface area contributed by atoms with Gasteiger partial charge >= 0.3 is 0 Å². The van der Waals surface area contributed by atoms with E-state index in [0.717, 1.165) is 12.8 Å². The highest BCUT2D eigenvalue weighted by atomic mass is 19.1. The van der Waals surface area contributed by atoms with Gasteiger partial charge in [0, 0.05) is 13.1 Å². The van der Waals surface area contributed by atoms with Crippen molar-refractivity contribution in [2.75, 3.05) is 26.7 Å². The standard InChI is InChI=1S/C17H25FN2O3/c1-4-8-19-16(21)12-20(9-5-2)17(22)11-13-6-7-15(23-3)14(18)10-13/h6-7,10H,4-5,8-9,11-12H2,1-3H3,(H,19,21). The van der Waals surface area contributed by atoms with Crippen molar-refractivity contribution in [3.05, 3.63) is 29.6 Å². The number of nitrogens with one attached hydrogen (secondary N) is 1. The molecule has 2 amide bonds. The summed E-state index contributed by atoms with van der Waals surface area (Å²) >= 11 is 0. The van der Waals surface area contributed by atoms with Crippen LogP contribution in [0.15, 0.2) is 18.2 Å². The molecule has 0 radical (unpaired) electrons. The van der Waals surface area contributed by atoms with Crippen LogP contribution in [0.3, 0.4) is 0 Å². The zero-order valence-corrected chi connectivity index (χ0v) is 14.0. The highest BCUT2D eigenvalue weighted by Gasteiger charge is 2.17. The van der Waals surface area contributed by atoms with Gasteiger partial charge in [-0.2, -0.15) is 0 Å². The first kappa shape index (κ1) is 18.9. The third kappa shape index (κ3) is 6.26. The number of ether oxygens (including phenoxy) is 1. The van der Waals surface area contributed by atoms with E-state index >= 15 is 0 Å². The minimum absolute atomic E-state index is 0.0330. The van der Waals surface area contributed by atoms with Crippen molar-refractivity contribution in [3.63, 3.8) is 0 Å². The van der Waals surface area contributed by atoms with E-state index in [2.05, 4.69) is 5.32 Å². The Morgan fingerprint density at radius 2 is 2.00 bits per heavy atom. The maximum Gasteiger partial charge on any atom is 0.239 e. The molecule has 0 saturated carbocycles. The van der Waals surface area contributed by atoms with E-state index in [1.54, 1.807) is 6.07 Å². The smallest absolute Gasteiger partial charge is 0.239 e. The Bertz CT molecular complexity index is 535. The Labute approximate surface area is 136 Å². The molecule has 1 rings (SSSR count). The van der Waals surface area contributed by atoms with Crippen LogP contribution >= 0.6 is 0 Å². The highest BCUT2D eigenvalue weighted by Crippen LogP contribution is 2.18. The van der Waals surface area contributed by atoms with Crippen molar-refractivity contribution in [2.24, 2.45) is 0 Å². The number of amides is 2. The van der Waals surface area contributed by atoms with Gasteiger partial charge < -0.3 is 15.0 Å². The normalized spacial score (nSPS) is 10.3. The Hall–Kier alpha value is -2.11. The zero-order valence-electron chi connectivity index (χ0n) is 14.0. The largest absolute Gasteiger partial charge is 0.494 e. The van der Waals surface area contributed by atoms with Crippen molar-refractivity contribution in [3.8, 4) is 5.75 Å². The summed E-state index contributed by atoms with van der Waals surface area (Å²) in [5, 5.41) is 2.75. The molecule has 0 aliphatic rings. The van der Waals surface area contributed by atoms with Crippen LogP contribution in [0.2, 0.25) is 0 Å². The third-order valence-electron chi connectivity index (χ3n) is 3.32. The molecule has 0 atom stereocenters. The minimum atomic E-state index is -0.500. The van der Waals surface area contributed by atoms with Gasteiger partial charge in [0.05, 0.1) is 20.1 Å². The van der Waals surface area contributed by atoms with Crippen LogP contribution in [0, 0.1) is 5.82 Å². The summed E-state index contributed by atoms with van der Waals surface area (Å²) in [6, 6.07) is 4.44. The van der Waals surface area contributed by atoms with Crippen LogP contribution in [-0.4, -0.2) is 43.5 Å². The van der Waals surface area contributed by atoms with Gasteiger partial charge in [-0.1, -0.05) is 19.9 Å². The second-order valence-electron chi connectivity index (χ2n) is 5.31. The van der Waals surface area contributed by atoms with E-state index in [1.807, 2.05) is 13.8 Å². The van der Waals surface area contributed by atoms with Crippen LogP contribution in [0.25, 0.3) is 0 Å². The monoisotopic (exact) mass is 324 g/mol. The lowest BCUT2D eigenvalue weighted by atomic mass is 10.1. The Morgan fingerprint density at radius 3 is 2.57 bits per heavy atom. The number of benzene rings is 1. The second-order valence-corrected chi connectivity index (χ2v) is 5.31. The summed E-state index contributed by atoms with van der Waals surface area (Å²) in [5.74, 6) is -0.719. The Morgan fingerprint density at radius 1 is 1.26 bits per heavy atom. The van der Waals surface area contributed by atoms with Gasteiger partial charge in [-0.15, -0.1) is 0 Å². The number of carbonyl (C=O) groups excluding carboxylic acids is 2.